The van der Waals surface area contributed by atoms with Crippen LogP contribution in [0.15, 0.2) is 0 Å². The van der Waals surface area contributed by atoms with E-state index in [0.717, 1.165) is 0 Å². The van der Waals surface area contributed by atoms with Crippen molar-refractivity contribution in [2.45, 2.75) is 38.2 Å². The summed E-state index contributed by atoms with van der Waals surface area (Å²) in [7, 11) is 0. The molecule has 0 aromatic carbocycles. The zero-order chi connectivity index (χ0) is 14.5. The number of hydrogen-bond acceptors (Lipinski definition) is 4. The van der Waals surface area contributed by atoms with Gasteiger partial charge in [0, 0.05) is 18.2 Å². The molecule has 5 nitrogen and oxygen atoms in total. The predicted octanol–water partition coefficient (Wildman–Crippen LogP) is 1.11. The summed E-state index contributed by atoms with van der Waals surface area (Å²) in [6.45, 7) is 1.94. The van der Waals surface area contributed by atoms with Gasteiger partial charge in [0.25, 0.3) is 0 Å². The Bertz CT molecular complexity index is 325. The van der Waals surface area contributed by atoms with Crippen molar-refractivity contribution in [1.29, 1.82) is 0 Å². The Balaban J connectivity index is 2.34. The second-order valence-corrected chi connectivity index (χ2v) is 6.40. The van der Waals surface area contributed by atoms with E-state index in [2.05, 4.69) is 5.32 Å². The molecule has 1 amide bonds. The second-order valence-electron chi connectivity index (χ2n) is 5.53. The number of carbonyl (C=O) groups excluding carboxylic acids is 1. The van der Waals surface area contributed by atoms with Crippen LogP contribution >= 0.6 is 11.8 Å². The highest BCUT2D eigenvalue weighted by atomic mass is 32.2. The molecule has 0 saturated heterocycles. The molecule has 1 rings (SSSR count). The lowest BCUT2D eigenvalue weighted by atomic mass is 9.81. The van der Waals surface area contributed by atoms with E-state index in [9.17, 15) is 14.7 Å². The number of amides is 1. The maximum atomic E-state index is 11.9. The first-order valence-corrected chi connectivity index (χ1v) is 7.97. The Hall–Kier alpha value is -0.750. The van der Waals surface area contributed by atoms with Gasteiger partial charge in [-0.1, -0.05) is 0 Å². The SMILES string of the molecule is CSCC(C)(O)CNC(=O)C1CCC(C(=O)O)CC1. The minimum atomic E-state index is -0.895. The third-order valence-electron chi connectivity index (χ3n) is 3.55. The topological polar surface area (TPSA) is 86.6 Å². The first kappa shape index (κ1) is 16.3. The Labute approximate surface area is 118 Å². The Morgan fingerprint density at radius 2 is 1.79 bits per heavy atom. The molecule has 1 saturated carbocycles. The lowest BCUT2D eigenvalue weighted by molar-refractivity contribution is -0.144. The predicted molar refractivity (Wildman–Crippen MR) is 75.1 cm³/mol. The first-order valence-electron chi connectivity index (χ1n) is 6.57. The van der Waals surface area contributed by atoms with E-state index in [1.54, 1.807) is 6.92 Å². The van der Waals surface area contributed by atoms with Crippen molar-refractivity contribution < 1.29 is 19.8 Å². The quantitative estimate of drug-likeness (QED) is 0.682. The van der Waals surface area contributed by atoms with Gasteiger partial charge in [-0.15, -0.1) is 0 Å². The largest absolute Gasteiger partial charge is 0.481 e. The highest BCUT2D eigenvalue weighted by Crippen LogP contribution is 2.29. The molecule has 6 heteroatoms. The number of carboxylic acid groups (broad SMARTS) is 1. The summed E-state index contributed by atoms with van der Waals surface area (Å²) in [6, 6.07) is 0. The maximum absolute atomic E-state index is 11.9. The van der Waals surface area contributed by atoms with Crippen molar-refractivity contribution in [3.8, 4) is 0 Å². The highest BCUT2D eigenvalue weighted by molar-refractivity contribution is 7.98. The van der Waals surface area contributed by atoms with Gasteiger partial charge in [-0.2, -0.15) is 11.8 Å². The number of aliphatic hydroxyl groups is 1. The Morgan fingerprint density at radius 3 is 2.26 bits per heavy atom. The van der Waals surface area contributed by atoms with Crippen molar-refractivity contribution in [2.24, 2.45) is 11.8 Å². The van der Waals surface area contributed by atoms with Gasteiger partial charge in [0.15, 0.2) is 0 Å². The molecule has 110 valence electrons. The van der Waals surface area contributed by atoms with Crippen LogP contribution < -0.4 is 5.32 Å². The summed E-state index contributed by atoms with van der Waals surface area (Å²) in [5.74, 6) is -0.671. The number of hydrogen-bond donors (Lipinski definition) is 3. The molecular weight excluding hydrogens is 266 g/mol. The zero-order valence-electron chi connectivity index (χ0n) is 11.5. The maximum Gasteiger partial charge on any atom is 0.306 e. The van der Waals surface area contributed by atoms with Crippen LogP contribution in [-0.4, -0.2) is 46.2 Å². The van der Waals surface area contributed by atoms with E-state index < -0.39 is 11.6 Å². The molecule has 1 atom stereocenters. The standard InChI is InChI=1S/C13H23NO4S/c1-13(18,8-19-2)7-14-11(15)9-3-5-10(6-4-9)12(16)17/h9-10,18H,3-8H2,1-2H3,(H,14,15)(H,16,17). The summed E-state index contributed by atoms with van der Waals surface area (Å²) in [5, 5.41) is 21.6. The van der Waals surface area contributed by atoms with Gasteiger partial charge in [0.05, 0.1) is 11.5 Å². The minimum Gasteiger partial charge on any atom is -0.481 e. The molecule has 0 spiro atoms. The first-order chi connectivity index (χ1) is 8.85. The van der Waals surface area contributed by atoms with Crippen molar-refractivity contribution in [1.82, 2.24) is 5.32 Å². The van der Waals surface area contributed by atoms with Crippen LogP contribution in [0.1, 0.15) is 32.6 Å². The summed E-state index contributed by atoms with van der Waals surface area (Å²) in [6.07, 6.45) is 4.27. The lowest BCUT2D eigenvalue weighted by Crippen LogP contribution is -2.45. The molecule has 1 aliphatic rings. The van der Waals surface area contributed by atoms with Crippen LogP contribution in [0.4, 0.5) is 0 Å². The van der Waals surface area contributed by atoms with Gasteiger partial charge in [-0.25, -0.2) is 0 Å². The normalized spacial score (nSPS) is 26.5. The van der Waals surface area contributed by atoms with Gasteiger partial charge >= 0.3 is 5.97 Å². The van der Waals surface area contributed by atoms with E-state index in [-0.39, 0.29) is 24.3 Å². The summed E-state index contributed by atoms with van der Waals surface area (Å²) in [5.41, 5.74) is -0.895. The molecule has 1 unspecified atom stereocenters. The fourth-order valence-electron chi connectivity index (χ4n) is 2.39. The van der Waals surface area contributed by atoms with Crippen molar-refractivity contribution in [3.05, 3.63) is 0 Å². The van der Waals surface area contributed by atoms with Gasteiger partial charge in [0.1, 0.15) is 0 Å². The van der Waals surface area contributed by atoms with E-state index in [4.69, 9.17) is 5.11 Å². The molecule has 0 aliphatic heterocycles. The van der Waals surface area contributed by atoms with Crippen LogP contribution in [0.3, 0.4) is 0 Å². The van der Waals surface area contributed by atoms with Gasteiger partial charge in [0.2, 0.25) is 5.91 Å². The summed E-state index contributed by atoms with van der Waals surface area (Å²) in [4.78, 5) is 22.8. The lowest BCUT2D eigenvalue weighted by Gasteiger charge is -2.27. The number of thioether (sulfide) groups is 1. The molecule has 0 bridgehead atoms. The number of aliphatic carboxylic acids is 1. The van der Waals surface area contributed by atoms with E-state index in [0.29, 0.717) is 31.4 Å². The van der Waals surface area contributed by atoms with Crippen molar-refractivity contribution in [2.75, 3.05) is 18.6 Å². The molecule has 0 heterocycles. The van der Waals surface area contributed by atoms with E-state index >= 15 is 0 Å². The summed E-state index contributed by atoms with van der Waals surface area (Å²) < 4.78 is 0. The molecule has 0 aromatic rings. The molecule has 1 fully saturated rings. The second kappa shape index (κ2) is 7.14. The van der Waals surface area contributed by atoms with Crippen LogP contribution in [0.2, 0.25) is 0 Å². The van der Waals surface area contributed by atoms with Gasteiger partial charge in [-0.05, 0) is 38.9 Å². The van der Waals surface area contributed by atoms with Crippen molar-refractivity contribution >= 4 is 23.6 Å². The average Bonchev–Trinajstić information content (AvgIpc) is 2.36. The van der Waals surface area contributed by atoms with E-state index in [1.807, 2.05) is 6.26 Å². The van der Waals surface area contributed by atoms with Gasteiger partial charge < -0.3 is 15.5 Å². The Kier molecular flexibility index (Phi) is 6.13. The minimum absolute atomic E-state index is 0.0646. The third-order valence-corrected chi connectivity index (χ3v) is 4.46. The third kappa shape index (κ3) is 5.40. The molecule has 19 heavy (non-hydrogen) atoms. The van der Waals surface area contributed by atoms with Gasteiger partial charge in [-0.3, -0.25) is 9.59 Å². The molecular formula is C13H23NO4S. The fraction of sp³-hybridized carbons (Fsp3) is 0.846. The van der Waals surface area contributed by atoms with Crippen LogP contribution in [-0.2, 0) is 9.59 Å². The monoisotopic (exact) mass is 289 g/mol. The van der Waals surface area contributed by atoms with Crippen LogP contribution in [0, 0.1) is 11.8 Å². The zero-order valence-corrected chi connectivity index (χ0v) is 12.3. The smallest absolute Gasteiger partial charge is 0.306 e. The number of carbonyl (C=O) groups is 2. The summed E-state index contributed by atoms with van der Waals surface area (Å²) >= 11 is 1.53. The number of rotatable bonds is 6. The molecule has 3 N–H and O–H groups in total. The number of nitrogens with one attached hydrogen (secondary N) is 1. The Morgan fingerprint density at radius 1 is 1.26 bits per heavy atom. The molecule has 1 aliphatic carbocycles. The fourth-order valence-corrected chi connectivity index (χ4v) is 3.11. The molecule has 0 aromatic heterocycles. The van der Waals surface area contributed by atoms with Crippen LogP contribution in [0.25, 0.3) is 0 Å². The molecule has 0 radical (unpaired) electrons. The number of carboxylic acids is 1. The van der Waals surface area contributed by atoms with Crippen molar-refractivity contribution in [3.63, 3.8) is 0 Å². The average molecular weight is 289 g/mol. The van der Waals surface area contributed by atoms with Crippen LogP contribution in [0.5, 0.6) is 0 Å². The highest BCUT2D eigenvalue weighted by Gasteiger charge is 2.30. The van der Waals surface area contributed by atoms with E-state index in [1.165, 1.54) is 11.8 Å².